The number of aromatic nitrogens is 3. The normalized spacial score (nSPS) is 19.5. The molecule has 5 nitrogen and oxygen atoms in total. The molecular weight excluding hydrogens is 258 g/mol. The molecule has 0 bridgehead atoms. The van der Waals surface area contributed by atoms with Crippen LogP contribution in [-0.2, 0) is 6.54 Å². The first kappa shape index (κ1) is 14.4. The highest BCUT2D eigenvalue weighted by Crippen LogP contribution is 2.34. The fraction of sp³-hybridized carbons (Fsp3) is 0.769. The van der Waals surface area contributed by atoms with Gasteiger partial charge in [-0.15, -0.1) is 11.8 Å². The minimum Gasteiger partial charge on any atom is -0.296 e. The van der Waals surface area contributed by atoms with E-state index in [-0.39, 0.29) is 4.75 Å². The van der Waals surface area contributed by atoms with Gasteiger partial charge >= 0.3 is 0 Å². The SMILES string of the molecule is CSC1(C#N)CCN(Cc2ncnn2C(C)C)CC1. The minimum absolute atomic E-state index is 0.178. The van der Waals surface area contributed by atoms with Gasteiger partial charge in [-0.1, -0.05) is 0 Å². The number of nitrogens with zero attached hydrogens (tertiary/aromatic N) is 5. The third-order valence-electron chi connectivity index (χ3n) is 3.76. The Morgan fingerprint density at radius 3 is 2.68 bits per heavy atom. The van der Waals surface area contributed by atoms with Gasteiger partial charge in [-0.2, -0.15) is 10.4 Å². The summed E-state index contributed by atoms with van der Waals surface area (Å²) < 4.78 is 1.79. The number of hydrogen-bond donors (Lipinski definition) is 0. The summed E-state index contributed by atoms with van der Waals surface area (Å²) in [6, 6.07) is 2.82. The molecule has 0 unspecified atom stereocenters. The molecule has 0 aromatic carbocycles. The maximum atomic E-state index is 9.29. The quantitative estimate of drug-likeness (QED) is 0.844. The molecule has 0 aliphatic carbocycles. The van der Waals surface area contributed by atoms with Gasteiger partial charge in [0.1, 0.15) is 16.9 Å². The molecule has 1 aromatic heterocycles. The monoisotopic (exact) mass is 279 g/mol. The predicted molar refractivity (Wildman–Crippen MR) is 76.8 cm³/mol. The van der Waals surface area contributed by atoms with Gasteiger partial charge in [0, 0.05) is 19.1 Å². The van der Waals surface area contributed by atoms with Crippen molar-refractivity contribution in [2.45, 2.75) is 44.0 Å². The van der Waals surface area contributed by atoms with E-state index in [1.165, 1.54) is 0 Å². The van der Waals surface area contributed by atoms with Crippen molar-refractivity contribution in [1.29, 1.82) is 5.26 Å². The lowest BCUT2D eigenvalue weighted by Crippen LogP contribution is -2.41. The topological polar surface area (TPSA) is 57.7 Å². The molecule has 1 aliphatic rings. The molecule has 1 aromatic rings. The second kappa shape index (κ2) is 5.93. The molecule has 104 valence electrons. The Balaban J connectivity index is 1.96. The molecule has 1 aliphatic heterocycles. The van der Waals surface area contributed by atoms with Crippen LogP contribution in [0, 0.1) is 11.3 Å². The molecule has 2 rings (SSSR count). The molecule has 0 atom stereocenters. The summed E-state index contributed by atoms with van der Waals surface area (Å²) in [7, 11) is 0. The van der Waals surface area contributed by atoms with Crippen molar-refractivity contribution >= 4 is 11.8 Å². The Labute approximate surface area is 119 Å². The molecular formula is C13H21N5S. The second-order valence-electron chi connectivity index (χ2n) is 5.30. The fourth-order valence-corrected chi connectivity index (χ4v) is 3.13. The van der Waals surface area contributed by atoms with Crippen molar-refractivity contribution in [3.05, 3.63) is 12.2 Å². The molecule has 0 N–H and O–H groups in total. The van der Waals surface area contributed by atoms with Crippen molar-refractivity contribution < 1.29 is 0 Å². The molecule has 6 heteroatoms. The molecule has 1 saturated heterocycles. The number of nitriles is 1. The van der Waals surface area contributed by atoms with Gasteiger partial charge in [0.2, 0.25) is 0 Å². The third-order valence-corrected chi connectivity index (χ3v) is 5.04. The van der Waals surface area contributed by atoms with Crippen molar-refractivity contribution in [3.63, 3.8) is 0 Å². The summed E-state index contributed by atoms with van der Waals surface area (Å²) in [6.07, 6.45) is 5.52. The van der Waals surface area contributed by atoms with Crippen LogP contribution in [0.15, 0.2) is 6.33 Å². The van der Waals surface area contributed by atoms with Gasteiger partial charge in [0.25, 0.3) is 0 Å². The molecule has 2 heterocycles. The standard InChI is InChI=1S/C13H21N5S/c1-11(2)18-12(15-10-16-18)8-17-6-4-13(9-14,19-3)5-7-17/h10-11H,4-8H2,1-3H3. The Morgan fingerprint density at radius 2 is 2.16 bits per heavy atom. The van der Waals surface area contributed by atoms with E-state index >= 15 is 0 Å². The maximum absolute atomic E-state index is 9.29. The van der Waals surface area contributed by atoms with E-state index in [9.17, 15) is 5.26 Å². The summed E-state index contributed by atoms with van der Waals surface area (Å²) in [5, 5.41) is 13.6. The Hall–Kier alpha value is -1.06. The van der Waals surface area contributed by atoms with Gasteiger partial charge < -0.3 is 0 Å². The van der Waals surface area contributed by atoms with Crippen LogP contribution in [0.2, 0.25) is 0 Å². The van der Waals surface area contributed by atoms with E-state index in [2.05, 4.69) is 34.9 Å². The zero-order chi connectivity index (χ0) is 13.9. The van der Waals surface area contributed by atoms with E-state index < -0.39 is 0 Å². The van der Waals surface area contributed by atoms with Gasteiger partial charge in [-0.05, 0) is 32.9 Å². The van der Waals surface area contributed by atoms with Gasteiger partial charge in [0.15, 0.2) is 0 Å². The lowest BCUT2D eigenvalue weighted by Gasteiger charge is -2.35. The largest absolute Gasteiger partial charge is 0.296 e. The highest BCUT2D eigenvalue weighted by Gasteiger charge is 2.34. The maximum Gasteiger partial charge on any atom is 0.141 e. The summed E-state index contributed by atoms with van der Waals surface area (Å²) >= 11 is 1.69. The van der Waals surface area contributed by atoms with Crippen LogP contribution >= 0.6 is 11.8 Å². The van der Waals surface area contributed by atoms with E-state index in [1.807, 2.05) is 10.9 Å². The zero-order valence-corrected chi connectivity index (χ0v) is 12.7. The summed E-state index contributed by atoms with van der Waals surface area (Å²) in [4.78, 5) is 6.72. The van der Waals surface area contributed by atoms with Gasteiger partial charge in [0.05, 0.1) is 12.6 Å². The lowest BCUT2D eigenvalue weighted by atomic mass is 9.97. The van der Waals surface area contributed by atoms with Crippen molar-refractivity contribution in [1.82, 2.24) is 19.7 Å². The van der Waals surface area contributed by atoms with Crippen molar-refractivity contribution in [3.8, 4) is 6.07 Å². The molecule has 0 radical (unpaired) electrons. The van der Waals surface area contributed by atoms with Gasteiger partial charge in [-0.3, -0.25) is 4.90 Å². The molecule has 19 heavy (non-hydrogen) atoms. The summed E-state index contributed by atoms with van der Waals surface area (Å²) in [6.45, 7) is 6.97. The van der Waals surface area contributed by atoms with Crippen molar-refractivity contribution in [2.75, 3.05) is 19.3 Å². The fourth-order valence-electron chi connectivity index (χ4n) is 2.45. The van der Waals surface area contributed by atoms with E-state index in [0.717, 1.165) is 38.3 Å². The molecule has 1 fully saturated rings. The Bertz CT molecular complexity index is 454. The summed E-state index contributed by atoms with van der Waals surface area (Å²) in [5.41, 5.74) is 0. The zero-order valence-electron chi connectivity index (χ0n) is 11.8. The second-order valence-corrected chi connectivity index (χ2v) is 6.49. The first-order chi connectivity index (χ1) is 9.10. The number of rotatable bonds is 4. The van der Waals surface area contributed by atoms with Gasteiger partial charge in [-0.25, -0.2) is 9.67 Å². The first-order valence-corrected chi connectivity index (χ1v) is 7.90. The number of piperidine rings is 1. The first-order valence-electron chi connectivity index (χ1n) is 6.67. The lowest BCUT2D eigenvalue weighted by molar-refractivity contribution is 0.200. The van der Waals surface area contributed by atoms with Crippen molar-refractivity contribution in [2.24, 2.45) is 0 Å². The van der Waals surface area contributed by atoms with Crippen LogP contribution in [0.1, 0.15) is 38.6 Å². The summed E-state index contributed by atoms with van der Waals surface area (Å²) in [5.74, 6) is 1.02. The Kier molecular flexibility index (Phi) is 4.48. The number of thioether (sulfide) groups is 1. The molecule has 0 amide bonds. The highest BCUT2D eigenvalue weighted by molar-refractivity contribution is 8.00. The van der Waals surface area contributed by atoms with Crippen LogP contribution in [-0.4, -0.2) is 43.8 Å². The van der Waals surface area contributed by atoms with E-state index in [4.69, 9.17) is 0 Å². The number of hydrogen-bond acceptors (Lipinski definition) is 5. The van der Waals surface area contributed by atoms with Crippen LogP contribution < -0.4 is 0 Å². The van der Waals surface area contributed by atoms with Crippen LogP contribution in [0.5, 0.6) is 0 Å². The number of likely N-dealkylation sites (tertiary alicyclic amines) is 1. The predicted octanol–water partition coefficient (Wildman–Crippen LogP) is 2.08. The van der Waals surface area contributed by atoms with E-state index in [1.54, 1.807) is 18.1 Å². The van der Waals surface area contributed by atoms with Crippen LogP contribution in [0.4, 0.5) is 0 Å². The Morgan fingerprint density at radius 1 is 1.47 bits per heavy atom. The average molecular weight is 279 g/mol. The van der Waals surface area contributed by atoms with Crippen LogP contribution in [0.3, 0.4) is 0 Å². The highest BCUT2D eigenvalue weighted by atomic mass is 32.2. The minimum atomic E-state index is -0.178. The average Bonchev–Trinajstić information content (AvgIpc) is 2.88. The molecule has 0 saturated carbocycles. The van der Waals surface area contributed by atoms with E-state index in [0.29, 0.717) is 6.04 Å². The smallest absolute Gasteiger partial charge is 0.141 e. The molecule has 0 spiro atoms. The van der Waals surface area contributed by atoms with Crippen LogP contribution in [0.25, 0.3) is 0 Å². The third kappa shape index (κ3) is 3.10.